The quantitative estimate of drug-likeness (QED) is 0.676. The van der Waals surface area contributed by atoms with Crippen molar-refractivity contribution in [3.8, 4) is 11.5 Å². The van der Waals surface area contributed by atoms with Crippen LogP contribution in [0.2, 0.25) is 0 Å². The Kier molecular flexibility index (Phi) is 3.19. The number of para-hydroxylation sites is 1. The normalized spacial score (nSPS) is 17.5. The summed E-state index contributed by atoms with van der Waals surface area (Å²) in [6.45, 7) is 1.91. The van der Waals surface area contributed by atoms with Crippen LogP contribution in [0, 0.1) is 10.1 Å². The van der Waals surface area contributed by atoms with Crippen molar-refractivity contribution in [2.45, 2.75) is 13.2 Å². The van der Waals surface area contributed by atoms with Crippen molar-refractivity contribution < 1.29 is 14.4 Å². The minimum atomic E-state index is -0.840. The highest BCUT2D eigenvalue weighted by Crippen LogP contribution is 2.44. The Morgan fingerprint density at radius 1 is 1.17 bits per heavy atom. The Morgan fingerprint density at radius 2 is 1.88 bits per heavy atom. The van der Waals surface area contributed by atoms with Crippen LogP contribution < -0.4 is 14.9 Å². The number of hydrogen-bond acceptors (Lipinski definition) is 6. The molecule has 0 radical (unpaired) electrons. The van der Waals surface area contributed by atoms with Gasteiger partial charge >= 0.3 is 0 Å². The summed E-state index contributed by atoms with van der Waals surface area (Å²) in [5.41, 5.74) is 5.97. The van der Waals surface area contributed by atoms with Gasteiger partial charge in [0.25, 0.3) is 12.0 Å². The van der Waals surface area contributed by atoms with Crippen LogP contribution in [-0.4, -0.2) is 11.1 Å². The lowest BCUT2D eigenvalue weighted by atomic mass is 10.1. The molecule has 0 amide bonds. The maximum Gasteiger partial charge on any atom is 0.280 e. The Bertz CT molecular complexity index is 905. The highest BCUT2D eigenvalue weighted by atomic mass is 16.7. The SMILES string of the molecule is CC1=Cc2cc3c(cc2C=NN1)OC(c1ccccc1[N+](=O)[O-])O3. The molecule has 0 aromatic heterocycles. The summed E-state index contributed by atoms with van der Waals surface area (Å²) in [5, 5.41) is 15.3. The van der Waals surface area contributed by atoms with E-state index in [2.05, 4.69) is 10.5 Å². The van der Waals surface area contributed by atoms with Crippen molar-refractivity contribution in [1.29, 1.82) is 0 Å². The van der Waals surface area contributed by atoms with Gasteiger partial charge in [0, 0.05) is 17.3 Å². The van der Waals surface area contributed by atoms with Gasteiger partial charge in [0.15, 0.2) is 11.5 Å². The number of allylic oxidation sites excluding steroid dienone is 1. The van der Waals surface area contributed by atoms with E-state index in [1.165, 1.54) is 6.07 Å². The second kappa shape index (κ2) is 5.38. The van der Waals surface area contributed by atoms with Crippen LogP contribution in [0.1, 0.15) is 29.9 Å². The Labute approximate surface area is 137 Å². The Balaban J connectivity index is 1.72. The van der Waals surface area contributed by atoms with E-state index in [-0.39, 0.29) is 5.69 Å². The third kappa shape index (κ3) is 2.36. The van der Waals surface area contributed by atoms with Gasteiger partial charge < -0.3 is 9.47 Å². The van der Waals surface area contributed by atoms with Crippen molar-refractivity contribution in [3.63, 3.8) is 0 Å². The highest BCUT2D eigenvalue weighted by Gasteiger charge is 2.32. The lowest BCUT2D eigenvalue weighted by Gasteiger charge is -2.10. The molecular formula is C17H13N3O4. The molecule has 7 heteroatoms. The molecule has 2 aromatic rings. The Hall–Kier alpha value is -3.35. The molecular weight excluding hydrogens is 310 g/mol. The second-order valence-corrected chi connectivity index (χ2v) is 5.51. The number of nitrogens with one attached hydrogen (secondary N) is 1. The number of ether oxygens (including phenoxy) is 2. The molecule has 2 aliphatic heterocycles. The monoisotopic (exact) mass is 323 g/mol. The average Bonchev–Trinajstić information content (AvgIpc) is 2.88. The molecule has 2 heterocycles. The first-order chi connectivity index (χ1) is 11.6. The average molecular weight is 323 g/mol. The molecule has 4 rings (SSSR count). The van der Waals surface area contributed by atoms with Gasteiger partial charge in [-0.15, -0.1) is 0 Å². The van der Waals surface area contributed by atoms with E-state index < -0.39 is 11.2 Å². The molecule has 7 nitrogen and oxygen atoms in total. The fourth-order valence-electron chi connectivity index (χ4n) is 2.72. The van der Waals surface area contributed by atoms with Crippen molar-refractivity contribution in [3.05, 3.63) is 68.9 Å². The molecule has 0 spiro atoms. The summed E-state index contributed by atoms with van der Waals surface area (Å²) in [6, 6.07) is 10.1. The first-order valence-corrected chi connectivity index (χ1v) is 7.34. The summed E-state index contributed by atoms with van der Waals surface area (Å²) < 4.78 is 11.6. The lowest BCUT2D eigenvalue weighted by molar-refractivity contribution is -0.386. The minimum absolute atomic E-state index is 0.0293. The fourth-order valence-corrected chi connectivity index (χ4v) is 2.72. The third-order valence-corrected chi connectivity index (χ3v) is 3.82. The van der Waals surface area contributed by atoms with Crippen molar-refractivity contribution in [2.75, 3.05) is 0 Å². The molecule has 0 saturated carbocycles. The molecule has 0 fully saturated rings. The minimum Gasteiger partial charge on any atom is -0.446 e. The van der Waals surface area contributed by atoms with E-state index in [4.69, 9.17) is 9.47 Å². The van der Waals surface area contributed by atoms with Crippen LogP contribution in [0.3, 0.4) is 0 Å². The van der Waals surface area contributed by atoms with E-state index in [9.17, 15) is 10.1 Å². The predicted molar refractivity (Wildman–Crippen MR) is 87.9 cm³/mol. The first kappa shape index (κ1) is 14.3. The van der Waals surface area contributed by atoms with Gasteiger partial charge in [0.05, 0.1) is 11.1 Å². The van der Waals surface area contributed by atoms with Crippen LogP contribution >= 0.6 is 0 Å². The standard InChI is InChI=1S/C17H13N3O4/c1-10-6-11-7-15-16(8-12(11)9-18-19-10)24-17(23-15)13-4-2-3-5-14(13)20(21)22/h2-9,17,19H,1H3. The molecule has 24 heavy (non-hydrogen) atoms. The lowest BCUT2D eigenvalue weighted by Crippen LogP contribution is -2.10. The number of nitro benzene ring substituents is 1. The molecule has 2 aromatic carbocycles. The van der Waals surface area contributed by atoms with Crippen LogP contribution in [0.25, 0.3) is 6.08 Å². The van der Waals surface area contributed by atoms with Crippen LogP contribution in [0.5, 0.6) is 11.5 Å². The van der Waals surface area contributed by atoms with Crippen molar-refractivity contribution in [2.24, 2.45) is 5.10 Å². The number of rotatable bonds is 2. The number of fused-ring (bicyclic) bond motifs is 2. The van der Waals surface area contributed by atoms with Crippen LogP contribution in [0.15, 0.2) is 47.2 Å². The van der Waals surface area contributed by atoms with Crippen molar-refractivity contribution in [1.82, 2.24) is 5.43 Å². The summed E-state index contributed by atoms with van der Waals surface area (Å²) in [7, 11) is 0. The predicted octanol–water partition coefficient (Wildman–Crippen LogP) is 3.36. The van der Waals surface area contributed by atoms with E-state index in [0.717, 1.165) is 16.8 Å². The molecule has 1 unspecified atom stereocenters. The summed E-state index contributed by atoms with van der Waals surface area (Å²) >= 11 is 0. The van der Waals surface area contributed by atoms with E-state index in [1.807, 2.05) is 25.1 Å². The van der Waals surface area contributed by atoms with E-state index in [1.54, 1.807) is 24.4 Å². The fraction of sp³-hybridized carbons (Fsp3) is 0.118. The number of nitrogens with zero attached hydrogens (tertiary/aromatic N) is 2. The van der Waals surface area contributed by atoms with Gasteiger partial charge in [-0.2, -0.15) is 5.10 Å². The topological polar surface area (TPSA) is 86.0 Å². The largest absolute Gasteiger partial charge is 0.446 e. The van der Waals surface area contributed by atoms with E-state index in [0.29, 0.717) is 17.1 Å². The first-order valence-electron chi connectivity index (χ1n) is 7.34. The van der Waals surface area contributed by atoms with Gasteiger partial charge in [-0.3, -0.25) is 15.5 Å². The zero-order valence-electron chi connectivity index (χ0n) is 12.7. The van der Waals surface area contributed by atoms with Gasteiger partial charge in [-0.1, -0.05) is 12.1 Å². The van der Waals surface area contributed by atoms with Gasteiger partial charge in [0.1, 0.15) is 5.56 Å². The molecule has 120 valence electrons. The number of hydrazone groups is 1. The molecule has 1 N–H and O–H groups in total. The zero-order valence-corrected chi connectivity index (χ0v) is 12.7. The zero-order chi connectivity index (χ0) is 16.7. The van der Waals surface area contributed by atoms with Gasteiger partial charge in [0.2, 0.25) is 0 Å². The Morgan fingerprint density at radius 3 is 2.62 bits per heavy atom. The molecule has 1 atom stereocenters. The molecule has 0 aliphatic carbocycles. The number of benzene rings is 2. The van der Waals surface area contributed by atoms with Crippen LogP contribution in [0.4, 0.5) is 5.69 Å². The third-order valence-electron chi connectivity index (χ3n) is 3.82. The smallest absolute Gasteiger partial charge is 0.280 e. The highest BCUT2D eigenvalue weighted by molar-refractivity contribution is 5.88. The maximum absolute atomic E-state index is 11.2. The second-order valence-electron chi connectivity index (χ2n) is 5.51. The molecule has 0 bridgehead atoms. The summed E-state index contributed by atoms with van der Waals surface area (Å²) in [4.78, 5) is 10.8. The number of nitro groups is 1. The maximum atomic E-state index is 11.2. The van der Waals surface area contributed by atoms with Crippen LogP contribution in [-0.2, 0) is 0 Å². The summed E-state index contributed by atoms with van der Waals surface area (Å²) in [5.74, 6) is 1.09. The molecule has 0 saturated heterocycles. The number of hydrogen-bond donors (Lipinski definition) is 1. The van der Waals surface area contributed by atoms with Crippen molar-refractivity contribution >= 4 is 18.0 Å². The van der Waals surface area contributed by atoms with Gasteiger partial charge in [-0.25, -0.2) is 0 Å². The summed E-state index contributed by atoms with van der Waals surface area (Å²) in [6.07, 6.45) is 2.81. The van der Waals surface area contributed by atoms with Gasteiger partial charge in [-0.05, 0) is 36.8 Å². The van der Waals surface area contributed by atoms with E-state index >= 15 is 0 Å². The molecule has 2 aliphatic rings.